The van der Waals surface area contributed by atoms with Crippen LogP contribution in [0.1, 0.15) is 51.9 Å². The molecule has 1 aliphatic carbocycles. The average Bonchev–Trinajstić information content (AvgIpc) is 2.97. The van der Waals surface area contributed by atoms with Crippen LogP contribution in [0.5, 0.6) is 0 Å². The van der Waals surface area contributed by atoms with Crippen molar-refractivity contribution in [1.82, 2.24) is 16.0 Å². The maximum absolute atomic E-state index is 11.5. The van der Waals surface area contributed by atoms with Gasteiger partial charge in [0.2, 0.25) is 5.91 Å². The summed E-state index contributed by atoms with van der Waals surface area (Å²) in [4.78, 5) is 15.6. The van der Waals surface area contributed by atoms with Crippen LogP contribution in [-0.4, -0.2) is 38.5 Å². The van der Waals surface area contributed by atoms with Crippen LogP contribution in [0.25, 0.3) is 0 Å². The van der Waals surface area contributed by atoms with Crippen LogP contribution in [-0.2, 0) is 4.79 Å². The Balaban J connectivity index is 2.05. The molecule has 5 nitrogen and oxygen atoms in total. The highest BCUT2D eigenvalue weighted by atomic mass is 16.1. The lowest BCUT2D eigenvalue weighted by atomic mass is 10.0. The van der Waals surface area contributed by atoms with E-state index in [1.807, 2.05) is 6.92 Å². The zero-order chi connectivity index (χ0) is 14.6. The lowest BCUT2D eigenvalue weighted by Crippen LogP contribution is -2.43. The minimum Gasteiger partial charge on any atom is -0.356 e. The second-order valence-electron chi connectivity index (χ2n) is 5.50. The lowest BCUT2D eigenvalue weighted by Gasteiger charge is -2.13. The van der Waals surface area contributed by atoms with Crippen molar-refractivity contribution < 1.29 is 4.79 Å². The van der Waals surface area contributed by atoms with Gasteiger partial charge in [-0.15, -0.1) is 0 Å². The molecule has 1 fully saturated rings. The minimum absolute atomic E-state index is 0.0146. The molecular formula is C15H30N4O. The van der Waals surface area contributed by atoms with E-state index in [-0.39, 0.29) is 12.5 Å². The highest BCUT2D eigenvalue weighted by molar-refractivity contribution is 5.86. The third kappa shape index (κ3) is 7.36. The van der Waals surface area contributed by atoms with Crippen molar-refractivity contribution in [3.05, 3.63) is 0 Å². The Morgan fingerprint density at radius 2 is 1.90 bits per heavy atom. The molecule has 0 spiro atoms. The van der Waals surface area contributed by atoms with E-state index in [4.69, 9.17) is 0 Å². The Labute approximate surface area is 123 Å². The van der Waals surface area contributed by atoms with Crippen molar-refractivity contribution >= 4 is 11.9 Å². The van der Waals surface area contributed by atoms with E-state index in [1.54, 1.807) is 7.05 Å². The maximum atomic E-state index is 11.5. The molecule has 0 heterocycles. The van der Waals surface area contributed by atoms with E-state index in [0.29, 0.717) is 5.96 Å². The number of nitrogens with one attached hydrogen (secondary N) is 3. The molecule has 0 aromatic rings. The number of carbonyl (C=O) groups excluding carboxylic acids is 1. The summed E-state index contributed by atoms with van der Waals surface area (Å²) in [6.45, 7) is 3.97. The van der Waals surface area contributed by atoms with E-state index in [9.17, 15) is 4.79 Å². The second-order valence-corrected chi connectivity index (χ2v) is 5.50. The Kier molecular flexibility index (Phi) is 8.83. The van der Waals surface area contributed by atoms with Crippen LogP contribution < -0.4 is 16.0 Å². The molecule has 116 valence electrons. The topological polar surface area (TPSA) is 65.5 Å². The van der Waals surface area contributed by atoms with Gasteiger partial charge in [0.25, 0.3) is 0 Å². The number of amides is 1. The first-order valence-corrected chi connectivity index (χ1v) is 7.97. The second kappa shape index (κ2) is 10.5. The quantitative estimate of drug-likeness (QED) is 0.360. The van der Waals surface area contributed by atoms with E-state index < -0.39 is 0 Å². The summed E-state index contributed by atoms with van der Waals surface area (Å²) < 4.78 is 0. The first-order valence-electron chi connectivity index (χ1n) is 7.97. The monoisotopic (exact) mass is 282 g/mol. The molecule has 5 heteroatoms. The number of rotatable bonds is 8. The molecule has 0 radical (unpaired) electrons. The first kappa shape index (κ1) is 16.8. The fourth-order valence-electron chi connectivity index (χ4n) is 2.61. The van der Waals surface area contributed by atoms with Gasteiger partial charge in [0.05, 0.1) is 6.54 Å². The third-order valence-electron chi connectivity index (χ3n) is 3.77. The van der Waals surface area contributed by atoms with Gasteiger partial charge in [-0.25, -0.2) is 0 Å². The van der Waals surface area contributed by atoms with Gasteiger partial charge in [0.15, 0.2) is 5.96 Å². The molecule has 0 aromatic carbocycles. The van der Waals surface area contributed by atoms with Crippen LogP contribution in [0.3, 0.4) is 0 Å². The van der Waals surface area contributed by atoms with Crippen LogP contribution in [0.15, 0.2) is 4.99 Å². The minimum atomic E-state index is 0.0146. The Morgan fingerprint density at radius 3 is 2.55 bits per heavy atom. The van der Waals surface area contributed by atoms with Gasteiger partial charge in [0.1, 0.15) is 0 Å². The third-order valence-corrected chi connectivity index (χ3v) is 3.77. The summed E-state index contributed by atoms with van der Waals surface area (Å²) in [7, 11) is 1.73. The highest BCUT2D eigenvalue weighted by Gasteiger charge is 2.14. The van der Waals surface area contributed by atoms with Crippen LogP contribution in [0.2, 0.25) is 0 Å². The number of aliphatic imine (C=N–C) groups is 1. The van der Waals surface area contributed by atoms with Crippen LogP contribution in [0, 0.1) is 5.92 Å². The smallest absolute Gasteiger partial charge is 0.239 e. The zero-order valence-corrected chi connectivity index (χ0v) is 13.0. The molecule has 1 amide bonds. The van der Waals surface area contributed by atoms with Crippen molar-refractivity contribution in [1.29, 1.82) is 0 Å². The van der Waals surface area contributed by atoms with Crippen molar-refractivity contribution in [3.63, 3.8) is 0 Å². The Morgan fingerprint density at radius 1 is 1.15 bits per heavy atom. The largest absolute Gasteiger partial charge is 0.356 e. The molecule has 0 aromatic heterocycles. The number of carbonyl (C=O) groups is 1. The van der Waals surface area contributed by atoms with Gasteiger partial charge in [-0.2, -0.15) is 0 Å². The summed E-state index contributed by atoms with van der Waals surface area (Å²) >= 11 is 0. The van der Waals surface area contributed by atoms with E-state index >= 15 is 0 Å². The van der Waals surface area contributed by atoms with Crippen LogP contribution >= 0.6 is 0 Å². The predicted octanol–water partition coefficient (Wildman–Crippen LogP) is 1.65. The predicted molar refractivity (Wildman–Crippen MR) is 83.9 cm³/mol. The summed E-state index contributed by atoms with van der Waals surface area (Å²) in [5.41, 5.74) is 0. The van der Waals surface area contributed by atoms with Crippen molar-refractivity contribution in [3.8, 4) is 0 Å². The fourth-order valence-corrected chi connectivity index (χ4v) is 2.61. The van der Waals surface area contributed by atoms with Gasteiger partial charge in [0, 0.05) is 20.1 Å². The molecule has 0 aliphatic heterocycles. The fraction of sp³-hybridized carbons (Fsp3) is 0.867. The number of hydrogen-bond donors (Lipinski definition) is 3. The molecule has 3 N–H and O–H groups in total. The molecular weight excluding hydrogens is 252 g/mol. The molecule has 0 unspecified atom stereocenters. The normalized spacial score (nSPS) is 16.2. The molecule has 0 saturated heterocycles. The number of guanidine groups is 1. The average molecular weight is 282 g/mol. The molecule has 20 heavy (non-hydrogen) atoms. The van der Waals surface area contributed by atoms with Crippen molar-refractivity contribution in [2.75, 3.05) is 26.7 Å². The van der Waals surface area contributed by atoms with Crippen LogP contribution in [0.4, 0.5) is 0 Å². The van der Waals surface area contributed by atoms with Gasteiger partial charge < -0.3 is 16.0 Å². The molecule has 0 bridgehead atoms. The summed E-state index contributed by atoms with van der Waals surface area (Å²) in [6.07, 6.45) is 9.08. The van der Waals surface area contributed by atoms with Gasteiger partial charge in [-0.1, -0.05) is 32.6 Å². The van der Waals surface area contributed by atoms with Gasteiger partial charge >= 0.3 is 0 Å². The van der Waals surface area contributed by atoms with Gasteiger partial charge in [-0.3, -0.25) is 9.79 Å². The standard InChI is InChI=1S/C15H30N4O/c1-3-10-17-14(20)12-19-15(16-2)18-11-6-9-13-7-4-5-8-13/h13H,3-12H2,1-2H3,(H,17,20)(H2,16,18,19). The Hall–Kier alpha value is -1.26. The highest BCUT2D eigenvalue weighted by Crippen LogP contribution is 2.28. The zero-order valence-electron chi connectivity index (χ0n) is 13.0. The number of hydrogen-bond acceptors (Lipinski definition) is 2. The van der Waals surface area contributed by atoms with Gasteiger partial charge in [-0.05, 0) is 25.2 Å². The molecule has 0 atom stereocenters. The van der Waals surface area contributed by atoms with Crippen molar-refractivity contribution in [2.24, 2.45) is 10.9 Å². The summed E-state index contributed by atoms with van der Waals surface area (Å²) in [6, 6.07) is 0. The first-order chi connectivity index (χ1) is 9.76. The Bertz CT molecular complexity index is 298. The molecule has 1 rings (SSSR count). The van der Waals surface area contributed by atoms with E-state index in [1.165, 1.54) is 38.5 Å². The molecule has 1 saturated carbocycles. The SMILES string of the molecule is CCCNC(=O)CNC(=NC)NCCCC1CCCC1. The lowest BCUT2D eigenvalue weighted by molar-refractivity contribution is -0.120. The van der Waals surface area contributed by atoms with E-state index in [2.05, 4.69) is 20.9 Å². The number of nitrogens with zero attached hydrogens (tertiary/aromatic N) is 1. The van der Waals surface area contributed by atoms with E-state index in [0.717, 1.165) is 25.4 Å². The van der Waals surface area contributed by atoms with Crippen molar-refractivity contribution in [2.45, 2.75) is 51.9 Å². The molecule has 1 aliphatic rings. The summed E-state index contributed by atoms with van der Waals surface area (Å²) in [5.74, 6) is 1.66. The summed E-state index contributed by atoms with van der Waals surface area (Å²) in [5, 5.41) is 9.13. The maximum Gasteiger partial charge on any atom is 0.239 e.